The molecule has 1 amide bonds. The van der Waals surface area contributed by atoms with Gasteiger partial charge >= 0.3 is 5.97 Å². The molecule has 2 fully saturated rings. The molecule has 1 aliphatic carbocycles. The molecule has 8 nitrogen and oxygen atoms in total. The average Bonchev–Trinajstić information content (AvgIpc) is 2.61. The number of carbonyl (C=O) groups excluding carboxylic acids is 1. The number of piperidine rings is 1. The number of amides is 1. The molecular formula is C18H24N2O6S. The second-order valence-electron chi connectivity index (χ2n) is 6.95. The van der Waals surface area contributed by atoms with Crippen molar-refractivity contribution in [3.63, 3.8) is 0 Å². The molecule has 0 aromatic heterocycles. The fourth-order valence-corrected chi connectivity index (χ4v) is 5.24. The minimum atomic E-state index is -3.74. The summed E-state index contributed by atoms with van der Waals surface area (Å²) in [6.07, 6.45) is 3.63. The predicted molar refractivity (Wildman–Crippen MR) is 98.1 cm³/mol. The van der Waals surface area contributed by atoms with E-state index in [2.05, 4.69) is 5.32 Å². The average molecular weight is 396 g/mol. The number of carboxylic acids is 1. The standard InChI is InChI=1S/C18H24N2O6S/c1-26-15-8-5-12(19-17(21)13-6-7-14(13)18(22)23)11-16(15)27(24,25)20-9-3-2-4-10-20/h5,8,11,13-14H,2-4,6-7,9-10H2,1H3,(H,19,21)(H,22,23). The van der Waals surface area contributed by atoms with Gasteiger partial charge in [-0.3, -0.25) is 9.59 Å². The summed E-state index contributed by atoms with van der Waals surface area (Å²) in [7, 11) is -2.34. The summed E-state index contributed by atoms with van der Waals surface area (Å²) in [5.74, 6) is -2.44. The number of hydrogen-bond donors (Lipinski definition) is 2. The van der Waals surface area contributed by atoms with Crippen molar-refractivity contribution < 1.29 is 27.9 Å². The van der Waals surface area contributed by atoms with E-state index in [4.69, 9.17) is 9.84 Å². The Balaban J connectivity index is 1.83. The molecule has 1 aromatic carbocycles. The Bertz CT molecular complexity index is 832. The van der Waals surface area contributed by atoms with Crippen LogP contribution >= 0.6 is 0 Å². The lowest BCUT2D eigenvalue weighted by atomic mass is 9.73. The molecule has 1 aromatic rings. The molecule has 0 radical (unpaired) electrons. The Morgan fingerprint density at radius 1 is 1.15 bits per heavy atom. The first-order valence-electron chi connectivity index (χ1n) is 9.06. The van der Waals surface area contributed by atoms with E-state index in [1.807, 2.05) is 0 Å². The van der Waals surface area contributed by atoms with Crippen LogP contribution in [-0.4, -0.2) is 49.9 Å². The summed E-state index contributed by atoms with van der Waals surface area (Å²) in [6.45, 7) is 0.925. The quantitative estimate of drug-likeness (QED) is 0.760. The molecule has 2 atom stereocenters. The minimum absolute atomic E-state index is 0.00749. The normalized spacial score (nSPS) is 23.3. The number of carbonyl (C=O) groups is 2. The summed E-state index contributed by atoms with van der Waals surface area (Å²) in [5.41, 5.74) is 0.312. The second-order valence-corrected chi connectivity index (χ2v) is 8.85. The van der Waals surface area contributed by atoms with E-state index in [0.29, 0.717) is 31.6 Å². The number of hydrogen-bond acceptors (Lipinski definition) is 5. The molecule has 9 heteroatoms. The molecule has 0 bridgehead atoms. The molecule has 148 valence electrons. The van der Waals surface area contributed by atoms with Crippen LogP contribution in [0.3, 0.4) is 0 Å². The number of carboxylic acid groups (broad SMARTS) is 1. The van der Waals surface area contributed by atoms with Gasteiger partial charge in [0.1, 0.15) is 10.6 Å². The zero-order valence-electron chi connectivity index (χ0n) is 15.2. The second kappa shape index (κ2) is 7.85. The zero-order valence-corrected chi connectivity index (χ0v) is 16.0. The van der Waals surface area contributed by atoms with Gasteiger partial charge in [-0.15, -0.1) is 0 Å². The largest absolute Gasteiger partial charge is 0.495 e. The third-order valence-electron chi connectivity index (χ3n) is 5.29. The van der Waals surface area contributed by atoms with Crippen LogP contribution < -0.4 is 10.1 Å². The van der Waals surface area contributed by atoms with Crippen molar-refractivity contribution in [2.75, 3.05) is 25.5 Å². The molecule has 2 aliphatic rings. The van der Waals surface area contributed by atoms with Gasteiger partial charge in [-0.2, -0.15) is 4.31 Å². The van der Waals surface area contributed by atoms with Crippen molar-refractivity contribution in [2.45, 2.75) is 37.0 Å². The van der Waals surface area contributed by atoms with Crippen LogP contribution in [0.4, 0.5) is 5.69 Å². The van der Waals surface area contributed by atoms with Crippen molar-refractivity contribution in [1.29, 1.82) is 0 Å². The predicted octanol–water partition coefficient (Wildman–Crippen LogP) is 1.92. The van der Waals surface area contributed by atoms with Gasteiger partial charge in [0, 0.05) is 18.8 Å². The summed E-state index contributed by atoms with van der Waals surface area (Å²) < 4.78 is 32.7. The number of anilines is 1. The maximum absolute atomic E-state index is 13.0. The highest BCUT2D eigenvalue weighted by molar-refractivity contribution is 7.89. The third kappa shape index (κ3) is 3.93. The number of nitrogens with one attached hydrogen (secondary N) is 1. The van der Waals surface area contributed by atoms with E-state index in [9.17, 15) is 18.0 Å². The molecule has 2 unspecified atom stereocenters. The van der Waals surface area contributed by atoms with Crippen molar-refractivity contribution in [1.82, 2.24) is 4.31 Å². The van der Waals surface area contributed by atoms with Crippen molar-refractivity contribution >= 4 is 27.6 Å². The topological polar surface area (TPSA) is 113 Å². The Morgan fingerprint density at radius 2 is 1.81 bits per heavy atom. The molecule has 1 aliphatic heterocycles. The van der Waals surface area contributed by atoms with Crippen LogP contribution in [0.1, 0.15) is 32.1 Å². The smallest absolute Gasteiger partial charge is 0.307 e. The monoisotopic (exact) mass is 396 g/mol. The molecule has 1 saturated carbocycles. The zero-order chi connectivity index (χ0) is 19.6. The number of rotatable bonds is 6. The van der Waals surface area contributed by atoms with Crippen molar-refractivity contribution in [3.05, 3.63) is 18.2 Å². The van der Waals surface area contributed by atoms with E-state index in [1.165, 1.54) is 23.5 Å². The van der Waals surface area contributed by atoms with Crippen LogP contribution in [0.5, 0.6) is 5.75 Å². The van der Waals surface area contributed by atoms with Gasteiger partial charge in [0.2, 0.25) is 15.9 Å². The highest BCUT2D eigenvalue weighted by atomic mass is 32.2. The Morgan fingerprint density at radius 3 is 2.37 bits per heavy atom. The Hall–Kier alpha value is -2.13. The fraction of sp³-hybridized carbons (Fsp3) is 0.556. The van der Waals surface area contributed by atoms with Crippen LogP contribution in [0, 0.1) is 11.8 Å². The number of benzene rings is 1. The van der Waals surface area contributed by atoms with Gasteiger partial charge in [-0.05, 0) is 43.9 Å². The fourth-order valence-electron chi connectivity index (χ4n) is 3.54. The number of nitrogens with zero attached hydrogens (tertiary/aromatic N) is 1. The summed E-state index contributed by atoms with van der Waals surface area (Å²) >= 11 is 0. The first kappa shape index (κ1) is 19.6. The Labute approximate surface area is 158 Å². The number of methoxy groups -OCH3 is 1. The maximum Gasteiger partial charge on any atom is 0.307 e. The lowest BCUT2D eigenvalue weighted by Gasteiger charge is -2.32. The molecule has 2 N–H and O–H groups in total. The van der Waals surface area contributed by atoms with Crippen molar-refractivity contribution in [3.8, 4) is 5.75 Å². The first-order chi connectivity index (χ1) is 12.8. The molecule has 3 rings (SSSR count). The van der Waals surface area contributed by atoms with Gasteiger partial charge < -0.3 is 15.2 Å². The Kier molecular flexibility index (Phi) is 5.71. The summed E-state index contributed by atoms with van der Waals surface area (Å²) in [4.78, 5) is 23.5. The van der Waals surface area contributed by atoms with E-state index in [1.54, 1.807) is 6.07 Å². The minimum Gasteiger partial charge on any atom is -0.495 e. The summed E-state index contributed by atoms with van der Waals surface area (Å²) in [6, 6.07) is 4.44. The van der Waals surface area contributed by atoms with E-state index in [-0.39, 0.29) is 10.6 Å². The van der Waals surface area contributed by atoms with Gasteiger partial charge in [-0.25, -0.2) is 8.42 Å². The summed E-state index contributed by atoms with van der Waals surface area (Å²) in [5, 5.41) is 11.8. The van der Waals surface area contributed by atoms with Gasteiger partial charge in [0.05, 0.1) is 18.9 Å². The van der Waals surface area contributed by atoms with E-state index >= 15 is 0 Å². The van der Waals surface area contributed by atoms with Crippen molar-refractivity contribution in [2.24, 2.45) is 11.8 Å². The molecule has 0 spiro atoms. The highest BCUT2D eigenvalue weighted by Crippen LogP contribution is 2.36. The lowest BCUT2D eigenvalue weighted by molar-refractivity contribution is -0.151. The third-order valence-corrected chi connectivity index (χ3v) is 7.21. The SMILES string of the molecule is COc1ccc(NC(=O)C2CCC2C(=O)O)cc1S(=O)(=O)N1CCCCC1. The van der Waals surface area contributed by atoms with Crippen LogP contribution in [0.25, 0.3) is 0 Å². The molecular weight excluding hydrogens is 372 g/mol. The van der Waals surface area contributed by atoms with E-state index in [0.717, 1.165) is 19.3 Å². The first-order valence-corrected chi connectivity index (χ1v) is 10.5. The number of aliphatic carboxylic acids is 1. The van der Waals surface area contributed by atoms with Gasteiger partial charge in [0.25, 0.3) is 0 Å². The van der Waals surface area contributed by atoms with Crippen LogP contribution in [0.15, 0.2) is 23.1 Å². The van der Waals surface area contributed by atoms with Gasteiger partial charge in [-0.1, -0.05) is 6.42 Å². The lowest BCUT2D eigenvalue weighted by Crippen LogP contribution is -2.41. The maximum atomic E-state index is 13.0. The molecule has 27 heavy (non-hydrogen) atoms. The van der Waals surface area contributed by atoms with E-state index < -0.39 is 33.7 Å². The number of ether oxygens (including phenoxy) is 1. The number of sulfonamides is 1. The van der Waals surface area contributed by atoms with Gasteiger partial charge in [0.15, 0.2) is 0 Å². The highest BCUT2D eigenvalue weighted by Gasteiger charge is 2.41. The molecule has 1 heterocycles. The van der Waals surface area contributed by atoms with Crippen LogP contribution in [-0.2, 0) is 19.6 Å². The molecule has 1 saturated heterocycles. The van der Waals surface area contributed by atoms with Crippen LogP contribution in [0.2, 0.25) is 0 Å².